The Labute approximate surface area is 120 Å². The molecule has 1 amide bonds. The van der Waals surface area contributed by atoms with Gasteiger partial charge < -0.3 is 5.32 Å². The first-order valence-electron chi connectivity index (χ1n) is 6.50. The van der Waals surface area contributed by atoms with E-state index in [0.29, 0.717) is 5.95 Å². The predicted octanol–water partition coefficient (Wildman–Crippen LogP) is 1.32. The van der Waals surface area contributed by atoms with Crippen molar-refractivity contribution in [1.82, 2.24) is 15.4 Å². The molecule has 3 rings (SSSR count). The van der Waals surface area contributed by atoms with Crippen LogP contribution in [0.4, 0.5) is 10.3 Å². The van der Waals surface area contributed by atoms with Gasteiger partial charge in [0.2, 0.25) is 5.95 Å². The number of aromatic nitrogens is 2. The molecule has 1 aromatic heterocycles. The molecular formula is C14H14FN5O. The van der Waals surface area contributed by atoms with Gasteiger partial charge in [0.1, 0.15) is 5.82 Å². The van der Waals surface area contributed by atoms with E-state index >= 15 is 0 Å². The minimum absolute atomic E-state index is 0.245. The smallest absolute Gasteiger partial charge is 0.268 e. The molecule has 2 aromatic rings. The number of benzene rings is 1. The van der Waals surface area contributed by atoms with E-state index in [1.54, 1.807) is 12.1 Å². The molecule has 1 heterocycles. The minimum Gasteiger partial charge on any atom is -0.345 e. The summed E-state index contributed by atoms with van der Waals surface area (Å²) in [6.45, 7) is 0. The van der Waals surface area contributed by atoms with Crippen LogP contribution < -0.4 is 16.6 Å². The highest BCUT2D eigenvalue weighted by molar-refractivity contribution is 5.93. The average Bonchev–Trinajstić information content (AvgIpc) is 3.28. The zero-order valence-electron chi connectivity index (χ0n) is 11.1. The number of hydrogen-bond donors (Lipinski definition) is 3. The summed E-state index contributed by atoms with van der Waals surface area (Å²) >= 11 is 0. The summed E-state index contributed by atoms with van der Waals surface area (Å²) in [7, 11) is 0. The van der Waals surface area contributed by atoms with Crippen molar-refractivity contribution in [3.8, 4) is 0 Å². The Morgan fingerprint density at radius 3 is 2.33 bits per heavy atom. The van der Waals surface area contributed by atoms with Gasteiger partial charge in [0.05, 0.1) is 11.1 Å². The minimum atomic E-state index is -0.443. The number of rotatable bonds is 4. The molecule has 0 atom stereocenters. The van der Waals surface area contributed by atoms with Crippen LogP contribution in [0.2, 0.25) is 0 Å². The number of nitrogens with one attached hydrogen (secondary N) is 2. The summed E-state index contributed by atoms with van der Waals surface area (Å²) in [4.78, 5) is 19.5. The first-order valence-corrected chi connectivity index (χ1v) is 6.50. The lowest BCUT2D eigenvalue weighted by Gasteiger charge is -2.17. The van der Waals surface area contributed by atoms with E-state index in [1.807, 2.05) is 5.43 Å². The van der Waals surface area contributed by atoms with Crippen molar-refractivity contribution in [3.63, 3.8) is 0 Å². The first kappa shape index (κ1) is 13.4. The van der Waals surface area contributed by atoms with E-state index in [1.165, 1.54) is 24.5 Å². The number of amides is 1. The van der Waals surface area contributed by atoms with E-state index in [0.717, 1.165) is 18.4 Å². The van der Waals surface area contributed by atoms with E-state index in [2.05, 4.69) is 15.3 Å². The zero-order valence-corrected chi connectivity index (χ0v) is 11.1. The molecule has 0 unspecified atom stereocenters. The third kappa shape index (κ3) is 2.68. The van der Waals surface area contributed by atoms with Crippen molar-refractivity contribution in [1.29, 1.82) is 0 Å². The monoisotopic (exact) mass is 287 g/mol. The number of hydrazine groups is 1. The van der Waals surface area contributed by atoms with Crippen molar-refractivity contribution >= 4 is 11.9 Å². The summed E-state index contributed by atoms with van der Waals surface area (Å²) in [5.74, 6) is 4.76. The van der Waals surface area contributed by atoms with E-state index in [-0.39, 0.29) is 16.9 Å². The SMILES string of the molecule is NNC(=O)c1cnc(NC2(c3ccc(F)cc3)CC2)nc1. The molecule has 0 radical (unpaired) electrons. The number of nitrogens with two attached hydrogens (primary N) is 1. The molecule has 0 saturated heterocycles. The number of hydrogen-bond acceptors (Lipinski definition) is 5. The summed E-state index contributed by atoms with van der Waals surface area (Å²) < 4.78 is 13.0. The highest BCUT2D eigenvalue weighted by Gasteiger charge is 2.44. The van der Waals surface area contributed by atoms with Gasteiger partial charge in [-0.05, 0) is 30.5 Å². The number of halogens is 1. The lowest BCUT2D eigenvalue weighted by molar-refractivity contribution is 0.0953. The highest BCUT2D eigenvalue weighted by atomic mass is 19.1. The van der Waals surface area contributed by atoms with Crippen LogP contribution in [-0.2, 0) is 5.54 Å². The molecule has 1 aromatic carbocycles. The van der Waals surface area contributed by atoms with Gasteiger partial charge in [-0.3, -0.25) is 10.2 Å². The van der Waals surface area contributed by atoms with Crippen LogP contribution in [0, 0.1) is 5.82 Å². The van der Waals surface area contributed by atoms with Crippen molar-refractivity contribution in [2.45, 2.75) is 18.4 Å². The van der Waals surface area contributed by atoms with Crippen LogP contribution in [0.15, 0.2) is 36.7 Å². The molecule has 1 fully saturated rings. The largest absolute Gasteiger partial charge is 0.345 e. The lowest BCUT2D eigenvalue weighted by atomic mass is 10.1. The van der Waals surface area contributed by atoms with E-state index < -0.39 is 5.91 Å². The molecule has 0 aliphatic heterocycles. The topological polar surface area (TPSA) is 92.9 Å². The molecule has 21 heavy (non-hydrogen) atoms. The second-order valence-corrected chi connectivity index (χ2v) is 4.98. The molecule has 6 nitrogen and oxygen atoms in total. The molecule has 1 aliphatic carbocycles. The molecule has 1 saturated carbocycles. The van der Waals surface area contributed by atoms with Gasteiger partial charge in [0, 0.05) is 12.4 Å². The number of carbonyl (C=O) groups excluding carboxylic acids is 1. The fourth-order valence-electron chi connectivity index (χ4n) is 2.19. The molecule has 1 aliphatic rings. The molecule has 108 valence electrons. The average molecular weight is 287 g/mol. The maximum atomic E-state index is 13.0. The maximum Gasteiger partial charge on any atom is 0.268 e. The normalized spacial score (nSPS) is 15.3. The van der Waals surface area contributed by atoms with Gasteiger partial charge in [0.25, 0.3) is 5.91 Å². The second-order valence-electron chi connectivity index (χ2n) is 4.98. The summed E-state index contributed by atoms with van der Waals surface area (Å²) in [5, 5.41) is 3.24. The quantitative estimate of drug-likeness (QED) is 0.448. The van der Waals surface area contributed by atoms with Crippen molar-refractivity contribution < 1.29 is 9.18 Å². The van der Waals surface area contributed by atoms with Crippen molar-refractivity contribution in [3.05, 3.63) is 53.6 Å². The number of carbonyl (C=O) groups is 1. The van der Waals surface area contributed by atoms with Gasteiger partial charge in [-0.2, -0.15) is 0 Å². The van der Waals surface area contributed by atoms with Gasteiger partial charge in [0.15, 0.2) is 0 Å². The Morgan fingerprint density at radius 2 is 1.81 bits per heavy atom. The van der Waals surface area contributed by atoms with Crippen LogP contribution in [0.1, 0.15) is 28.8 Å². The fraction of sp³-hybridized carbons (Fsp3) is 0.214. The summed E-state index contributed by atoms with van der Waals surface area (Å²) in [5.41, 5.74) is 3.06. The third-order valence-corrected chi connectivity index (χ3v) is 3.54. The predicted molar refractivity (Wildman–Crippen MR) is 74.6 cm³/mol. The van der Waals surface area contributed by atoms with E-state index in [9.17, 15) is 9.18 Å². The van der Waals surface area contributed by atoms with Crippen LogP contribution in [0.3, 0.4) is 0 Å². The van der Waals surface area contributed by atoms with E-state index in [4.69, 9.17) is 5.84 Å². The van der Waals surface area contributed by atoms with Gasteiger partial charge >= 0.3 is 0 Å². The number of nitrogen functional groups attached to an aromatic ring is 1. The van der Waals surface area contributed by atoms with Crippen LogP contribution in [-0.4, -0.2) is 15.9 Å². The Bertz CT molecular complexity index is 652. The number of nitrogens with zero attached hydrogens (tertiary/aromatic N) is 2. The van der Waals surface area contributed by atoms with Crippen LogP contribution in [0.5, 0.6) is 0 Å². The van der Waals surface area contributed by atoms with Gasteiger partial charge in [-0.25, -0.2) is 20.2 Å². The second kappa shape index (κ2) is 5.10. The van der Waals surface area contributed by atoms with Gasteiger partial charge in [-0.15, -0.1) is 0 Å². The molecule has 0 bridgehead atoms. The maximum absolute atomic E-state index is 13.0. The van der Waals surface area contributed by atoms with Crippen molar-refractivity contribution in [2.24, 2.45) is 5.84 Å². The van der Waals surface area contributed by atoms with Crippen LogP contribution in [0.25, 0.3) is 0 Å². The van der Waals surface area contributed by atoms with Gasteiger partial charge in [-0.1, -0.05) is 12.1 Å². The van der Waals surface area contributed by atoms with Crippen LogP contribution >= 0.6 is 0 Å². The Hall–Kier alpha value is -2.54. The fourth-order valence-corrected chi connectivity index (χ4v) is 2.19. The Morgan fingerprint density at radius 1 is 1.19 bits per heavy atom. The molecule has 0 spiro atoms. The lowest BCUT2D eigenvalue weighted by Crippen LogP contribution is -2.30. The molecular weight excluding hydrogens is 273 g/mol. The Balaban J connectivity index is 1.77. The number of anilines is 1. The molecule has 7 heteroatoms. The summed E-state index contributed by atoms with van der Waals surface area (Å²) in [6.07, 6.45) is 4.65. The molecule has 4 N–H and O–H groups in total. The third-order valence-electron chi connectivity index (χ3n) is 3.54. The Kier molecular flexibility index (Phi) is 3.26. The summed E-state index contributed by atoms with van der Waals surface area (Å²) in [6, 6.07) is 6.39. The standard InChI is InChI=1S/C14H14FN5O/c15-11-3-1-10(2-4-11)14(5-6-14)19-13-17-7-9(8-18-13)12(21)20-16/h1-4,7-8H,5-6,16H2,(H,20,21)(H,17,18,19). The first-order chi connectivity index (χ1) is 10.1. The zero-order chi connectivity index (χ0) is 14.9. The highest BCUT2D eigenvalue weighted by Crippen LogP contribution is 2.47. The van der Waals surface area contributed by atoms with Crippen molar-refractivity contribution in [2.75, 3.05) is 5.32 Å².